The van der Waals surface area contributed by atoms with E-state index in [9.17, 15) is 5.11 Å². The maximum Gasteiger partial charge on any atom is 0.136 e. The van der Waals surface area contributed by atoms with Crippen molar-refractivity contribution >= 4 is 5.82 Å². The summed E-state index contributed by atoms with van der Waals surface area (Å²) in [7, 11) is 4.01. The fourth-order valence-corrected chi connectivity index (χ4v) is 3.06. The molecule has 1 unspecified atom stereocenters. The van der Waals surface area contributed by atoms with Crippen molar-refractivity contribution in [3.05, 3.63) is 53.0 Å². The Labute approximate surface area is 142 Å². The van der Waals surface area contributed by atoms with Crippen LogP contribution in [0.5, 0.6) is 0 Å². The summed E-state index contributed by atoms with van der Waals surface area (Å²) in [6, 6.07) is 9.18. The van der Waals surface area contributed by atoms with E-state index in [4.69, 9.17) is 5.26 Å². The van der Waals surface area contributed by atoms with Gasteiger partial charge in [-0.05, 0) is 24.7 Å². The van der Waals surface area contributed by atoms with Gasteiger partial charge in [0.15, 0.2) is 0 Å². The Balaban J connectivity index is 1.80. The van der Waals surface area contributed by atoms with Crippen LogP contribution in [0.2, 0.25) is 0 Å². The van der Waals surface area contributed by atoms with E-state index in [0.717, 1.165) is 42.1 Å². The molecule has 0 radical (unpaired) electrons. The molecule has 6 nitrogen and oxygen atoms in total. The molecule has 0 fully saturated rings. The van der Waals surface area contributed by atoms with Crippen molar-refractivity contribution in [1.29, 1.82) is 5.26 Å². The molecule has 3 rings (SSSR count). The van der Waals surface area contributed by atoms with Gasteiger partial charge in [-0.3, -0.25) is 0 Å². The van der Waals surface area contributed by atoms with Crippen LogP contribution in [0.25, 0.3) is 0 Å². The molecule has 1 aliphatic heterocycles. The van der Waals surface area contributed by atoms with Gasteiger partial charge in [-0.1, -0.05) is 12.1 Å². The van der Waals surface area contributed by atoms with Crippen LogP contribution < -0.4 is 4.90 Å². The van der Waals surface area contributed by atoms with Crippen LogP contribution in [-0.4, -0.2) is 47.2 Å². The average Bonchev–Trinajstić information content (AvgIpc) is 2.61. The van der Waals surface area contributed by atoms with Crippen molar-refractivity contribution in [2.45, 2.75) is 19.1 Å². The number of anilines is 1. The number of rotatable bonds is 4. The van der Waals surface area contributed by atoms with Crippen molar-refractivity contribution in [3.63, 3.8) is 0 Å². The predicted octanol–water partition coefficient (Wildman–Crippen LogP) is 1.51. The van der Waals surface area contributed by atoms with Crippen molar-refractivity contribution in [1.82, 2.24) is 14.9 Å². The molecule has 2 heterocycles. The standard InChI is InChI=1S/C18H21N5O/c1-22-7-6-16-15(10-22)18(21-12-20-16)23(2)11-17(24)14-5-3-4-13(8-14)9-19/h3-5,8,12,17,24H,6-7,10-11H2,1-2H3. The van der Waals surface area contributed by atoms with Crippen LogP contribution in [0.1, 0.15) is 28.5 Å². The number of nitriles is 1. The predicted molar refractivity (Wildman–Crippen MR) is 91.5 cm³/mol. The van der Waals surface area contributed by atoms with Gasteiger partial charge >= 0.3 is 0 Å². The van der Waals surface area contributed by atoms with Crippen molar-refractivity contribution < 1.29 is 5.11 Å². The van der Waals surface area contributed by atoms with E-state index in [1.54, 1.807) is 24.5 Å². The molecule has 0 saturated heterocycles. The van der Waals surface area contributed by atoms with Gasteiger partial charge in [0, 0.05) is 38.7 Å². The fraction of sp³-hybridized carbons (Fsp3) is 0.389. The third kappa shape index (κ3) is 3.37. The van der Waals surface area contributed by atoms with Gasteiger partial charge in [0.2, 0.25) is 0 Å². The molecule has 124 valence electrons. The number of nitrogens with zero attached hydrogens (tertiary/aromatic N) is 5. The summed E-state index contributed by atoms with van der Waals surface area (Å²) >= 11 is 0. The molecule has 1 atom stereocenters. The third-order valence-electron chi connectivity index (χ3n) is 4.38. The van der Waals surface area contributed by atoms with Crippen molar-refractivity contribution in [2.24, 2.45) is 0 Å². The number of hydrogen-bond acceptors (Lipinski definition) is 6. The second-order valence-corrected chi connectivity index (χ2v) is 6.24. The minimum atomic E-state index is -0.685. The zero-order valence-electron chi connectivity index (χ0n) is 14.0. The Hall–Kier alpha value is -2.49. The molecule has 1 N–H and O–H groups in total. The van der Waals surface area contributed by atoms with Crippen LogP contribution in [0.3, 0.4) is 0 Å². The normalized spacial score (nSPS) is 15.4. The summed E-state index contributed by atoms with van der Waals surface area (Å²) in [6.45, 7) is 2.22. The van der Waals surface area contributed by atoms with Crippen molar-refractivity contribution in [2.75, 3.05) is 32.1 Å². The molecule has 24 heavy (non-hydrogen) atoms. The molecule has 0 amide bonds. The van der Waals surface area contributed by atoms with E-state index in [1.165, 1.54) is 0 Å². The number of fused-ring (bicyclic) bond motifs is 1. The minimum absolute atomic E-state index is 0.405. The van der Waals surface area contributed by atoms with Crippen LogP contribution >= 0.6 is 0 Å². The molecular weight excluding hydrogens is 302 g/mol. The number of benzene rings is 1. The summed E-state index contributed by atoms with van der Waals surface area (Å²) in [6.07, 6.45) is 1.83. The monoisotopic (exact) mass is 323 g/mol. The second-order valence-electron chi connectivity index (χ2n) is 6.24. The van der Waals surface area contributed by atoms with Gasteiger partial charge in [-0.2, -0.15) is 5.26 Å². The smallest absolute Gasteiger partial charge is 0.136 e. The highest BCUT2D eigenvalue weighted by atomic mass is 16.3. The molecule has 6 heteroatoms. The van der Waals surface area contributed by atoms with Crippen LogP contribution in [0, 0.1) is 11.3 Å². The molecule has 0 aliphatic carbocycles. The molecular formula is C18H21N5O. The van der Waals surface area contributed by atoms with Crippen molar-refractivity contribution in [3.8, 4) is 6.07 Å². The SMILES string of the molecule is CN1CCc2ncnc(N(C)CC(O)c3cccc(C#N)c3)c2C1. The highest BCUT2D eigenvalue weighted by Crippen LogP contribution is 2.26. The highest BCUT2D eigenvalue weighted by molar-refractivity contribution is 5.49. The first kappa shape index (κ1) is 16.4. The topological polar surface area (TPSA) is 76.3 Å². The van der Waals surface area contributed by atoms with E-state index in [-0.39, 0.29) is 0 Å². The van der Waals surface area contributed by atoms with Gasteiger partial charge in [-0.15, -0.1) is 0 Å². The summed E-state index contributed by atoms with van der Waals surface area (Å²) in [5.41, 5.74) is 3.51. The highest BCUT2D eigenvalue weighted by Gasteiger charge is 2.22. The van der Waals surface area contributed by atoms with E-state index < -0.39 is 6.10 Å². The van der Waals surface area contributed by atoms with Crippen LogP contribution in [0.4, 0.5) is 5.82 Å². The zero-order chi connectivity index (χ0) is 17.1. The molecule has 1 aromatic carbocycles. The lowest BCUT2D eigenvalue weighted by atomic mass is 10.0. The maximum absolute atomic E-state index is 10.5. The lowest BCUT2D eigenvalue weighted by Crippen LogP contribution is -2.32. The Morgan fingerprint density at radius 1 is 1.42 bits per heavy atom. The summed E-state index contributed by atoms with van der Waals surface area (Å²) in [5.74, 6) is 0.863. The fourth-order valence-electron chi connectivity index (χ4n) is 3.06. The maximum atomic E-state index is 10.5. The largest absolute Gasteiger partial charge is 0.387 e. The van der Waals surface area contributed by atoms with Gasteiger partial charge in [0.25, 0.3) is 0 Å². The summed E-state index contributed by atoms with van der Waals surface area (Å²) < 4.78 is 0. The van der Waals surface area contributed by atoms with Gasteiger partial charge in [-0.25, -0.2) is 9.97 Å². The van der Waals surface area contributed by atoms with Gasteiger partial charge in [0.05, 0.1) is 23.4 Å². The number of aromatic nitrogens is 2. The van der Waals surface area contributed by atoms with Crippen LogP contribution in [-0.2, 0) is 13.0 Å². The number of aliphatic hydroxyl groups excluding tert-OH is 1. The zero-order valence-corrected chi connectivity index (χ0v) is 14.0. The first-order chi connectivity index (χ1) is 11.6. The molecule has 0 spiro atoms. The van der Waals surface area contributed by atoms with Crippen LogP contribution in [0.15, 0.2) is 30.6 Å². The Bertz CT molecular complexity index is 770. The van der Waals surface area contributed by atoms with E-state index in [1.807, 2.05) is 18.0 Å². The first-order valence-corrected chi connectivity index (χ1v) is 7.99. The van der Waals surface area contributed by atoms with Gasteiger partial charge in [0.1, 0.15) is 12.1 Å². The Morgan fingerprint density at radius 2 is 2.25 bits per heavy atom. The molecule has 0 bridgehead atoms. The second kappa shape index (κ2) is 6.95. The number of aliphatic hydroxyl groups is 1. The quantitative estimate of drug-likeness (QED) is 0.919. The van der Waals surface area contributed by atoms with E-state index in [0.29, 0.717) is 12.1 Å². The summed E-state index contributed by atoms with van der Waals surface area (Å²) in [5, 5.41) is 19.5. The number of likely N-dealkylation sites (N-methyl/N-ethyl adjacent to an activating group) is 2. The van der Waals surface area contributed by atoms with E-state index >= 15 is 0 Å². The lowest BCUT2D eigenvalue weighted by molar-refractivity contribution is 0.184. The third-order valence-corrected chi connectivity index (χ3v) is 4.38. The lowest BCUT2D eigenvalue weighted by Gasteiger charge is -2.29. The summed E-state index contributed by atoms with van der Waals surface area (Å²) in [4.78, 5) is 13.0. The number of hydrogen-bond donors (Lipinski definition) is 1. The minimum Gasteiger partial charge on any atom is -0.387 e. The Kier molecular flexibility index (Phi) is 4.74. The molecule has 1 aromatic heterocycles. The molecule has 0 saturated carbocycles. The molecule has 1 aliphatic rings. The van der Waals surface area contributed by atoms with Gasteiger partial charge < -0.3 is 14.9 Å². The first-order valence-electron chi connectivity index (χ1n) is 7.99. The Morgan fingerprint density at radius 3 is 3.04 bits per heavy atom. The molecule has 2 aromatic rings. The van der Waals surface area contributed by atoms with E-state index in [2.05, 4.69) is 28.0 Å². The average molecular weight is 323 g/mol.